The molecule has 4 aromatic carbocycles. The lowest BCUT2D eigenvalue weighted by Gasteiger charge is -2.26. The van der Waals surface area contributed by atoms with Gasteiger partial charge in [-0.3, -0.25) is 9.10 Å². The van der Waals surface area contributed by atoms with E-state index < -0.39 is 39.6 Å². The van der Waals surface area contributed by atoms with Gasteiger partial charge in [0, 0.05) is 24.1 Å². The van der Waals surface area contributed by atoms with Crippen LogP contribution in [0.25, 0.3) is 11.1 Å². The van der Waals surface area contributed by atoms with Crippen LogP contribution in [-0.2, 0) is 26.0 Å². The van der Waals surface area contributed by atoms with Crippen molar-refractivity contribution < 1.29 is 41.0 Å². The number of carbonyl (C=O) groups excluding carboxylic acids is 2. The van der Waals surface area contributed by atoms with Crippen LogP contribution in [-0.4, -0.2) is 53.7 Å². The van der Waals surface area contributed by atoms with Crippen molar-refractivity contribution in [2.45, 2.75) is 17.4 Å². The number of rotatable bonds is 10. The molecule has 1 N–H and O–H groups in total. The monoisotopic (exact) mass is 622 g/mol. The average molecular weight is 623 g/mol. The number of ether oxygens (including phenoxy) is 3. The minimum Gasteiger partial charge on any atom is -0.496 e. The van der Waals surface area contributed by atoms with Gasteiger partial charge < -0.3 is 19.5 Å². The standard InChI is InChI=1S/C32H28F2N2O7S/c1-41-30-18-22(33)9-13-25(30)20-7-11-24(12-8-20)44(39,40)36-28-6-4-3-5-21(28)17-29(36)31(37)35-15-16-43-23-10-14-26(27(34)19-23)32(38)42-2/h3-14,18-19,29H,15-17H2,1-2H3,(H,35,37)/t29-/m0/s1. The maximum Gasteiger partial charge on any atom is 0.340 e. The Hall–Kier alpha value is -4.97. The number of hydrogen-bond donors (Lipinski definition) is 1. The summed E-state index contributed by atoms with van der Waals surface area (Å²) in [6.45, 7) is -0.0301. The van der Waals surface area contributed by atoms with Gasteiger partial charge in [-0.25, -0.2) is 22.0 Å². The fourth-order valence-electron chi connectivity index (χ4n) is 5.00. The molecule has 0 fully saturated rings. The molecule has 0 spiro atoms. The number of para-hydroxylation sites is 1. The quantitative estimate of drug-likeness (QED) is 0.201. The number of fused-ring (bicyclic) bond motifs is 1. The Kier molecular flexibility index (Phi) is 8.81. The molecule has 0 saturated carbocycles. The summed E-state index contributed by atoms with van der Waals surface area (Å²) >= 11 is 0. The summed E-state index contributed by atoms with van der Waals surface area (Å²) < 4.78 is 72.2. The normalized spacial score (nSPS) is 14.1. The third kappa shape index (κ3) is 6.06. The topological polar surface area (TPSA) is 111 Å². The van der Waals surface area contributed by atoms with E-state index in [2.05, 4.69) is 10.1 Å². The molecule has 9 nitrogen and oxygen atoms in total. The minimum atomic E-state index is -4.19. The van der Waals surface area contributed by atoms with Crippen LogP contribution < -0.4 is 19.1 Å². The Morgan fingerprint density at radius 1 is 0.955 bits per heavy atom. The summed E-state index contributed by atoms with van der Waals surface area (Å²) in [7, 11) is -1.62. The number of esters is 1. The molecule has 0 aromatic heterocycles. The number of halogens is 2. The van der Waals surface area contributed by atoms with Crippen molar-refractivity contribution in [1.82, 2.24) is 5.32 Å². The highest BCUT2D eigenvalue weighted by Crippen LogP contribution is 2.38. The Morgan fingerprint density at radius 2 is 1.70 bits per heavy atom. The third-order valence-corrected chi connectivity index (χ3v) is 8.97. The lowest BCUT2D eigenvalue weighted by Crippen LogP contribution is -2.48. The Labute approximate surface area is 253 Å². The third-order valence-electron chi connectivity index (χ3n) is 7.13. The van der Waals surface area contributed by atoms with E-state index >= 15 is 0 Å². The van der Waals surface area contributed by atoms with Crippen molar-refractivity contribution in [3.8, 4) is 22.6 Å². The number of carbonyl (C=O) groups is 2. The van der Waals surface area contributed by atoms with Crippen LogP contribution in [0.5, 0.6) is 11.5 Å². The van der Waals surface area contributed by atoms with Gasteiger partial charge in [-0.05, 0) is 53.6 Å². The molecule has 1 heterocycles. The first-order valence-corrected chi connectivity index (χ1v) is 14.9. The molecular formula is C32H28F2N2O7S. The van der Waals surface area contributed by atoms with E-state index in [1.165, 1.54) is 43.5 Å². The second-order valence-electron chi connectivity index (χ2n) is 9.79. The Morgan fingerprint density at radius 3 is 2.41 bits per heavy atom. The molecule has 228 valence electrons. The van der Waals surface area contributed by atoms with Crippen molar-refractivity contribution >= 4 is 27.6 Å². The smallest absolute Gasteiger partial charge is 0.340 e. The SMILES string of the molecule is COC(=O)c1ccc(OCCNC(=O)[C@@H]2Cc3ccccc3N2S(=O)(=O)c2ccc(-c3ccc(F)cc3OC)cc2)cc1F. The highest BCUT2D eigenvalue weighted by Gasteiger charge is 2.42. The van der Waals surface area contributed by atoms with Crippen LogP contribution >= 0.6 is 0 Å². The second-order valence-corrected chi connectivity index (χ2v) is 11.6. The van der Waals surface area contributed by atoms with Crippen LogP contribution in [0.15, 0.2) is 89.8 Å². The Bertz CT molecular complexity index is 1810. The van der Waals surface area contributed by atoms with Crippen LogP contribution in [0, 0.1) is 11.6 Å². The van der Waals surface area contributed by atoms with Crippen molar-refractivity contribution in [3.05, 3.63) is 108 Å². The lowest BCUT2D eigenvalue weighted by atomic mass is 10.0. The van der Waals surface area contributed by atoms with Crippen LogP contribution in [0.3, 0.4) is 0 Å². The predicted molar refractivity (Wildman–Crippen MR) is 158 cm³/mol. The van der Waals surface area contributed by atoms with E-state index in [0.717, 1.165) is 17.5 Å². The Balaban J connectivity index is 1.31. The van der Waals surface area contributed by atoms with E-state index in [4.69, 9.17) is 9.47 Å². The van der Waals surface area contributed by atoms with Gasteiger partial charge in [-0.1, -0.05) is 30.3 Å². The maximum absolute atomic E-state index is 14.2. The van der Waals surface area contributed by atoms with Gasteiger partial charge in [0.05, 0.1) is 36.9 Å². The van der Waals surface area contributed by atoms with Crippen molar-refractivity contribution in [3.63, 3.8) is 0 Å². The summed E-state index contributed by atoms with van der Waals surface area (Å²) in [5, 5.41) is 2.70. The summed E-state index contributed by atoms with van der Waals surface area (Å²) in [6, 6.07) is 19.6. The van der Waals surface area contributed by atoms with Crippen molar-refractivity contribution in [1.29, 1.82) is 0 Å². The van der Waals surface area contributed by atoms with Gasteiger partial charge in [-0.15, -0.1) is 0 Å². The van der Waals surface area contributed by atoms with Gasteiger partial charge in [0.25, 0.3) is 10.0 Å². The highest BCUT2D eigenvalue weighted by molar-refractivity contribution is 7.93. The number of benzene rings is 4. The highest BCUT2D eigenvalue weighted by atomic mass is 32.2. The first-order chi connectivity index (χ1) is 21.1. The summed E-state index contributed by atoms with van der Waals surface area (Å²) in [4.78, 5) is 24.9. The first kappa shape index (κ1) is 30.5. The molecule has 0 radical (unpaired) electrons. The summed E-state index contributed by atoms with van der Waals surface area (Å²) in [6.07, 6.45) is 0.160. The molecule has 1 aliphatic rings. The fraction of sp³-hybridized carbons (Fsp3) is 0.188. The van der Waals surface area contributed by atoms with E-state index in [1.807, 2.05) is 0 Å². The number of methoxy groups -OCH3 is 2. The van der Waals surface area contributed by atoms with E-state index in [9.17, 15) is 26.8 Å². The predicted octanol–water partition coefficient (Wildman–Crippen LogP) is 4.74. The second kappa shape index (κ2) is 12.7. The molecule has 1 amide bonds. The molecule has 0 aliphatic carbocycles. The van der Waals surface area contributed by atoms with Gasteiger partial charge >= 0.3 is 5.97 Å². The molecule has 12 heteroatoms. The van der Waals surface area contributed by atoms with Crippen LogP contribution in [0.2, 0.25) is 0 Å². The lowest BCUT2D eigenvalue weighted by molar-refractivity contribution is -0.122. The van der Waals surface area contributed by atoms with Crippen LogP contribution in [0.4, 0.5) is 14.5 Å². The number of nitrogens with one attached hydrogen (secondary N) is 1. The number of amides is 1. The molecule has 44 heavy (non-hydrogen) atoms. The van der Waals surface area contributed by atoms with Gasteiger partial charge in [0.15, 0.2) is 0 Å². The van der Waals surface area contributed by atoms with Gasteiger partial charge in [-0.2, -0.15) is 0 Å². The minimum absolute atomic E-state index is 0.00807. The molecular weight excluding hydrogens is 594 g/mol. The zero-order valence-electron chi connectivity index (χ0n) is 23.8. The molecule has 4 aromatic rings. The van der Waals surface area contributed by atoms with E-state index in [-0.39, 0.29) is 35.8 Å². The van der Waals surface area contributed by atoms with Gasteiger partial charge in [0.2, 0.25) is 5.91 Å². The molecule has 5 rings (SSSR count). The van der Waals surface area contributed by atoms with Crippen molar-refractivity contribution in [2.75, 3.05) is 31.7 Å². The fourth-order valence-corrected chi connectivity index (χ4v) is 6.65. The first-order valence-electron chi connectivity index (χ1n) is 13.5. The van der Waals surface area contributed by atoms with Gasteiger partial charge in [0.1, 0.15) is 35.8 Å². The van der Waals surface area contributed by atoms with Crippen LogP contribution in [0.1, 0.15) is 15.9 Å². The molecule has 0 bridgehead atoms. The van der Waals surface area contributed by atoms with E-state index in [1.54, 1.807) is 42.5 Å². The zero-order chi connectivity index (χ0) is 31.4. The zero-order valence-corrected chi connectivity index (χ0v) is 24.6. The number of anilines is 1. The number of nitrogens with zero attached hydrogens (tertiary/aromatic N) is 1. The molecule has 1 aliphatic heterocycles. The van der Waals surface area contributed by atoms with E-state index in [0.29, 0.717) is 28.1 Å². The molecule has 0 unspecified atom stereocenters. The van der Waals surface area contributed by atoms with Crippen molar-refractivity contribution in [2.24, 2.45) is 0 Å². The largest absolute Gasteiger partial charge is 0.496 e. The maximum atomic E-state index is 14.2. The average Bonchev–Trinajstić information content (AvgIpc) is 3.43. The molecule has 1 atom stereocenters. The molecule has 0 saturated heterocycles. The number of sulfonamides is 1. The summed E-state index contributed by atoms with van der Waals surface area (Å²) in [5.41, 5.74) is 2.07. The number of hydrogen-bond acceptors (Lipinski definition) is 7. The summed E-state index contributed by atoms with van der Waals surface area (Å²) in [5.74, 6) is -2.18.